The lowest BCUT2D eigenvalue weighted by molar-refractivity contribution is 0.183. The maximum Gasteiger partial charge on any atom is 0.128 e. The van der Waals surface area contributed by atoms with Gasteiger partial charge in [-0.25, -0.2) is 0 Å². The minimum absolute atomic E-state index is 0.117. The number of rotatable bonds is 5. The fourth-order valence-corrected chi connectivity index (χ4v) is 11.3. The fourth-order valence-electron chi connectivity index (χ4n) is 11.3. The Hall–Kier alpha value is -5.87. The zero-order chi connectivity index (χ0) is 37.5. The molecular weight excluding hydrogens is 695 g/mol. The first-order valence-electron chi connectivity index (χ1n) is 21.3. The molecule has 2 aliphatic heterocycles. The summed E-state index contributed by atoms with van der Waals surface area (Å²) >= 11 is 0. The van der Waals surface area contributed by atoms with Gasteiger partial charge in [0.25, 0.3) is 0 Å². The number of anilines is 1. The normalized spacial score (nSPS) is 27.2. The highest BCUT2D eigenvalue weighted by molar-refractivity contribution is 6.09. The van der Waals surface area contributed by atoms with Gasteiger partial charge in [0.05, 0.1) is 12.1 Å². The van der Waals surface area contributed by atoms with Crippen molar-refractivity contribution in [3.63, 3.8) is 0 Å². The van der Waals surface area contributed by atoms with Gasteiger partial charge in [-0.3, -0.25) is 4.98 Å². The van der Waals surface area contributed by atoms with E-state index >= 15 is 0 Å². The monoisotopic (exact) mass is 741 g/mol. The van der Waals surface area contributed by atoms with Crippen molar-refractivity contribution in [1.29, 1.82) is 0 Å². The minimum Gasteiger partial charge on any atom is -0.485 e. The Labute approximate surface area is 335 Å². The molecule has 280 valence electrons. The van der Waals surface area contributed by atoms with Crippen LogP contribution >= 0.6 is 0 Å². The van der Waals surface area contributed by atoms with E-state index in [2.05, 4.69) is 154 Å². The maximum atomic E-state index is 6.36. The summed E-state index contributed by atoms with van der Waals surface area (Å²) in [5.74, 6) is 2.43. The quantitative estimate of drug-likeness (QED) is 0.168. The van der Waals surface area contributed by atoms with Crippen molar-refractivity contribution in [3.8, 4) is 11.1 Å². The molecule has 0 bridgehead atoms. The maximum absolute atomic E-state index is 6.36. The van der Waals surface area contributed by atoms with Crippen LogP contribution in [0.5, 0.6) is 0 Å². The molecule has 3 aromatic carbocycles. The van der Waals surface area contributed by atoms with E-state index < -0.39 is 0 Å². The molecule has 4 nitrogen and oxygen atoms in total. The Morgan fingerprint density at radius 3 is 2.60 bits per heavy atom. The van der Waals surface area contributed by atoms with Crippen molar-refractivity contribution in [1.82, 2.24) is 9.55 Å². The third-order valence-corrected chi connectivity index (χ3v) is 14.0. The molecule has 4 heteroatoms. The second kappa shape index (κ2) is 13.4. The number of pyridine rings is 1. The molecule has 12 rings (SSSR count). The summed E-state index contributed by atoms with van der Waals surface area (Å²) in [5.41, 5.74) is 14.8. The molecule has 0 amide bonds. The van der Waals surface area contributed by atoms with E-state index in [0.29, 0.717) is 23.8 Å². The van der Waals surface area contributed by atoms with E-state index in [1.165, 1.54) is 97.8 Å². The molecule has 0 radical (unpaired) electrons. The van der Waals surface area contributed by atoms with E-state index in [0.717, 1.165) is 31.4 Å². The Balaban J connectivity index is 0.933. The second-order valence-electron chi connectivity index (χ2n) is 17.1. The number of hydrogen-bond donors (Lipinski definition) is 0. The predicted octanol–water partition coefficient (Wildman–Crippen LogP) is 12.9. The third-order valence-electron chi connectivity index (χ3n) is 14.0. The molecule has 0 spiro atoms. The minimum atomic E-state index is 0.117. The first kappa shape index (κ1) is 33.3. The summed E-state index contributed by atoms with van der Waals surface area (Å²) in [6.45, 7) is 0. The van der Waals surface area contributed by atoms with Crippen LogP contribution in [0.4, 0.5) is 5.69 Å². The highest BCUT2D eigenvalue weighted by Gasteiger charge is 2.46. The van der Waals surface area contributed by atoms with E-state index in [1.807, 2.05) is 12.4 Å². The molecule has 6 atom stereocenters. The number of hydrogen-bond acceptors (Lipinski definition) is 3. The van der Waals surface area contributed by atoms with Crippen molar-refractivity contribution >= 4 is 38.6 Å². The Kier molecular flexibility index (Phi) is 7.81. The molecule has 2 aromatic heterocycles. The molecule has 5 aromatic rings. The highest BCUT2D eigenvalue weighted by atomic mass is 16.5. The zero-order valence-corrected chi connectivity index (χ0v) is 32.3. The number of benzene rings is 3. The van der Waals surface area contributed by atoms with Crippen LogP contribution in [0.3, 0.4) is 0 Å². The van der Waals surface area contributed by atoms with Gasteiger partial charge in [0, 0.05) is 68.6 Å². The largest absolute Gasteiger partial charge is 0.485 e. The van der Waals surface area contributed by atoms with Gasteiger partial charge in [0.1, 0.15) is 11.9 Å². The highest BCUT2D eigenvalue weighted by Crippen LogP contribution is 2.52. The van der Waals surface area contributed by atoms with Crippen LogP contribution in [0.1, 0.15) is 68.5 Å². The van der Waals surface area contributed by atoms with E-state index in [9.17, 15) is 0 Å². The lowest BCUT2D eigenvalue weighted by atomic mass is 9.77. The van der Waals surface area contributed by atoms with Crippen molar-refractivity contribution < 1.29 is 4.74 Å². The topological polar surface area (TPSA) is 30.3 Å². The van der Waals surface area contributed by atoms with Crippen LogP contribution in [-0.4, -0.2) is 21.7 Å². The number of ether oxygens (including phenoxy) is 1. The van der Waals surface area contributed by atoms with Gasteiger partial charge in [0.15, 0.2) is 0 Å². The van der Waals surface area contributed by atoms with Gasteiger partial charge in [-0.15, -0.1) is 0 Å². The van der Waals surface area contributed by atoms with E-state index in [4.69, 9.17) is 4.74 Å². The van der Waals surface area contributed by atoms with Crippen molar-refractivity contribution in [3.05, 3.63) is 180 Å². The van der Waals surface area contributed by atoms with Crippen LogP contribution in [0.25, 0.3) is 44.1 Å². The van der Waals surface area contributed by atoms with Crippen LogP contribution < -0.4 is 4.90 Å². The van der Waals surface area contributed by atoms with Gasteiger partial charge in [-0.2, -0.15) is 0 Å². The molecule has 0 N–H and O–H groups in total. The number of aromatic nitrogens is 2. The fraction of sp³-hybridized carbons (Fsp3) is 0.264. The zero-order valence-electron chi connectivity index (χ0n) is 32.3. The molecule has 2 saturated heterocycles. The van der Waals surface area contributed by atoms with Crippen molar-refractivity contribution in [2.24, 2.45) is 17.8 Å². The SMILES string of the molecule is C1=CC2OC3=CCC(n4c5ccccc5c5cc(C6=CC=C7C(C6)C6CCC=CC6N7c6cc(C7=CCCCC7)cc(-c7cccnc7)c6)ccc54)C=C3C2C=C1. The first-order valence-corrected chi connectivity index (χ1v) is 21.3. The first-order chi connectivity index (χ1) is 28.2. The Morgan fingerprint density at radius 1 is 0.737 bits per heavy atom. The molecular formula is C53H47N3O. The van der Waals surface area contributed by atoms with Crippen molar-refractivity contribution in [2.45, 2.75) is 69.6 Å². The third kappa shape index (κ3) is 5.44. The van der Waals surface area contributed by atoms with Crippen LogP contribution in [0.15, 0.2) is 169 Å². The molecule has 5 aliphatic carbocycles. The van der Waals surface area contributed by atoms with Gasteiger partial charge >= 0.3 is 0 Å². The summed E-state index contributed by atoms with van der Waals surface area (Å²) in [7, 11) is 0. The van der Waals surface area contributed by atoms with Crippen LogP contribution in [0.2, 0.25) is 0 Å². The summed E-state index contributed by atoms with van der Waals surface area (Å²) in [6, 6.07) is 28.5. The summed E-state index contributed by atoms with van der Waals surface area (Å²) < 4.78 is 8.95. The van der Waals surface area contributed by atoms with Gasteiger partial charge in [-0.05, 0) is 146 Å². The lowest BCUT2D eigenvalue weighted by Gasteiger charge is -2.31. The van der Waals surface area contributed by atoms with Gasteiger partial charge in [-0.1, -0.05) is 78.9 Å². The van der Waals surface area contributed by atoms with Gasteiger partial charge in [0.2, 0.25) is 0 Å². The number of fused-ring (bicyclic) bond motifs is 9. The molecule has 0 saturated carbocycles. The van der Waals surface area contributed by atoms with Crippen molar-refractivity contribution in [2.75, 3.05) is 4.90 Å². The van der Waals surface area contributed by atoms with Crippen LogP contribution in [-0.2, 0) is 4.74 Å². The molecule has 4 heterocycles. The summed E-state index contributed by atoms with van der Waals surface area (Å²) in [6.07, 6.45) is 39.2. The average molecular weight is 742 g/mol. The number of allylic oxidation sites excluding steroid dienone is 12. The predicted molar refractivity (Wildman–Crippen MR) is 234 cm³/mol. The second-order valence-corrected chi connectivity index (χ2v) is 17.1. The van der Waals surface area contributed by atoms with E-state index in [1.54, 1.807) is 0 Å². The molecule has 7 aliphatic rings. The van der Waals surface area contributed by atoms with Crippen LogP contribution in [0, 0.1) is 17.8 Å². The standard InChI is InChI=1S/C53H47N3O/c1-2-11-34(12-3-1)38-27-39(37-13-10-26-54-33-37)29-41(28-38)56-49-18-8-5-15-43(49)46-31-36(21-24-51(46)56)35-20-23-50-45(30-35)42-14-4-7-17-48(42)55(50)40-22-25-53-47(32-40)44-16-6-9-19-52(44)57-53/h4,6-11,13-14,16-21,23-30,32-33,40,43-44,46,49,52H,1-3,5,12,15,22,31H2. The van der Waals surface area contributed by atoms with E-state index in [-0.39, 0.29) is 12.1 Å². The Bertz CT molecular complexity index is 2710. The molecule has 6 unspecified atom stereocenters. The molecule has 57 heavy (non-hydrogen) atoms. The number of nitrogens with zero attached hydrogens (tertiary/aromatic N) is 3. The summed E-state index contributed by atoms with van der Waals surface area (Å²) in [5, 5.41) is 2.68. The Morgan fingerprint density at radius 2 is 1.67 bits per heavy atom. The average Bonchev–Trinajstić information content (AvgIpc) is 3.94. The molecule has 2 fully saturated rings. The number of para-hydroxylation sites is 1. The smallest absolute Gasteiger partial charge is 0.128 e. The van der Waals surface area contributed by atoms with Gasteiger partial charge < -0.3 is 14.2 Å². The lowest BCUT2D eigenvalue weighted by Crippen LogP contribution is -2.31. The summed E-state index contributed by atoms with van der Waals surface area (Å²) in [4.78, 5) is 7.22.